The molecular weight excluding hydrogens is 466 g/mol. The van der Waals surface area contributed by atoms with Crippen LogP contribution in [-0.4, -0.2) is 55.3 Å². The number of nitrogens with zero attached hydrogens (tertiary/aromatic N) is 3. The number of piperidine rings is 1. The highest BCUT2D eigenvalue weighted by molar-refractivity contribution is 5.78. The molecule has 35 heavy (non-hydrogen) atoms. The fraction of sp³-hybridized carbons (Fsp3) is 0.440. The number of likely N-dealkylation sites (tertiary alicyclic amines) is 1. The monoisotopic (exact) mass is 491 g/mol. The summed E-state index contributed by atoms with van der Waals surface area (Å²) in [5.41, 5.74) is -1.38. The lowest BCUT2D eigenvalue weighted by Gasteiger charge is -2.42. The Balaban J connectivity index is 1.41. The number of nitriles is 1. The van der Waals surface area contributed by atoms with Crippen molar-refractivity contribution in [1.29, 1.82) is 5.26 Å². The molecule has 1 atom stereocenters. The minimum atomic E-state index is -4.64. The van der Waals surface area contributed by atoms with Crippen LogP contribution in [0.4, 0.5) is 23.2 Å². The molecule has 1 amide bonds. The highest BCUT2D eigenvalue weighted by Crippen LogP contribution is 2.46. The third-order valence-electron chi connectivity index (χ3n) is 7.11. The molecule has 186 valence electrons. The first-order valence-electron chi connectivity index (χ1n) is 11.3. The smallest absolute Gasteiger partial charge is 0.417 e. The molecule has 2 heterocycles. The van der Waals surface area contributed by atoms with E-state index in [0.717, 1.165) is 6.07 Å². The molecule has 6 nitrogen and oxygen atoms in total. The fourth-order valence-electron chi connectivity index (χ4n) is 5.08. The van der Waals surface area contributed by atoms with Crippen molar-refractivity contribution in [3.05, 3.63) is 59.4 Å². The summed E-state index contributed by atoms with van der Waals surface area (Å²) in [4.78, 5) is 16.1. The SMILES string of the molecule is N#Cc1ccc(N2CC(CO)C3(CCN(C(=O)COc4ccc(F)cc4)CC3)C2)cc1C(F)(F)F. The molecule has 0 radical (unpaired) electrons. The van der Waals surface area contributed by atoms with Crippen LogP contribution in [0.2, 0.25) is 0 Å². The van der Waals surface area contributed by atoms with Crippen LogP contribution in [0.25, 0.3) is 0 Å². The zero-order valence-electron chi connectivity index (χ0n) is 18.9. The van der Waals surface area contributed by atoms with E-state index in [2.05, 4.69) is 0 Å². The lowest BCUT2D eigenvalue weighted by molar-refractivity contribution is -0.138. The molecule has 2 fully saturated rings. The normalized spacial score (nSPS) is 19.6. The van der Waals surface area contributed by atoms with Crippen LogP contribution in [0.3, 0.4) is 0 Å². The molecule has 2 aromatic rings. The number of ether oxygens (including phenoxy) is 1. The van der Waals surface area contributed by atoms with E-state index >= 15 is 0 Å². The lowest BCUT2D eigenvalue weighted by Crippen LogP contribution is -2.48. The zero-order valence-corrected chi connectivity index (χ0v) is 18.9. The van der Waals surface area contributed by atoms with Crippen LogP contribution in [0.15, 0.2) is 42.5 Å². The van der Waals surface area contributed by atoms with E-state index in [9.17, 15) is 27.5 Å². The van der Waals surface area contributed by atoms with E-state index in [4.69, 9.17) is 10.00 Å². The molecule has 1 N–H and O–H groups in total. The summed E-state index contributed by atoms with van der Waals surface area (Å²) in [5, 5.41) is 19.1. The van der Waals surface area contributed by atoms with Crippen LogP contribution in [0.1, 0.15) is 24.0 Å². The predicted octanol–water partition coefficient (Wildman–Crippen LogP) is 3.83. The number of carbonyl (C=O) groups excluding carboxylic acids is 1. The van der Waals surface area contributed by atoms with Gasteiger partial charge in [0.05, 0.1) is 17.2 Å². The summed E-state index contributed by atoms with van der Waals surface area (Å²) in [6.45, 7) is 1.44. The number of hydrogen-bond acceptors (Lipinski definition) is 5. The minimum absolute atomic E-state index is 0.111. The number of alkyl halides is 3. The molecule has 2 saturated heterocycles. The number of aliphatic hydroxyl groups excluding tert-OH is 1. The second kappa shape index (κ2) is 9.74. The Bertz CT molecular complexity index is 1110. The first kappa shape index (κ1) is 24.8. The average molecular weight is 491 g/mol. The standard InChI is InChI=1S/C25H25F4N3O3/c26-19-2-5-21(6-3-19)35-15-23(34)31-9-7-24(8-10-31)16-32(13-18(24)14-33)20-4-1-17(12-30)22(11-20)25(27,28)29/h1-6,11,18,33H,7-10,13-16H2. The average Bonchev–Trinajstić information content (AvgIpc) is 3.20. The van der Waals surface area contributed by atoms with Crippen molar-refractivity contribution in [3.8, 4) is 11.8 Å². The summed E-state index contributed by atoms with van der Waals surface area (Å²) in [5.74, 6) is -0.368. The van der Waals surface area contributed by atoms with Gasteiger partial charge in [-0.3, -0.25) is 4.79 Å². The maximum atomic E-state index is 13.4. The van der Waals surface area contributed by atoms with Crippen molar-refractivity contribution in [2.75, 3.05) is 44.3 Å². The van der Waals surface area contributed by atoms with Gasteiger partial charge in [0.15, 0.2) is 6.61 Å². The van der Waals surface area contributed by atoms with Crippen molar-refractivity contribution in [2.45, 2.75) is 19.0 Å². The van der Waals surface area contributed by atoms with Crippen molar-refractivity contribution in [3.63, 3.8) is 0 Å². The molecule has 0 bridgehead atoms. The molecule has 1 unspecified atom stereocenters. The Morgan fingerprint density at radius 1 is 1.17 bits per heavy atom. The summed E-state index contributed by atoms with van der Waals surface area (Å²) in [7, 11) is 0. The Hall–Kier alpha value is -3.32. The number of halogens is 4. The van der Waals surface area contributed by atoms with E-state index in [0.29, 0.717) is 50.5 Å². The fourth-order valence-corrected chi connectivity index (χ4v) is 5.08. The van der Waals surface area contributed by atoms with Gasteiger partial charge in [-0.25, -0.2) is 4.39 Å². The number of carbonyl (C=O) groups is 1. The maximum Gasteiger partial charge on any atom is 0.417 e. The molecule has 4 rings (SSSR count). The quantitative estimate of drug-likeness (QED) is 0.644. The van der Waals surface area contributed by atoms with Crippen LogP contribution >= 0.6 is 0 Å². The molecule has 2 aliphatic heterocycles. The first-order chi connectivity index (χ1) is 16.6. The number of hydrogen-bond donors (Lipinski definition) is 1. The predicted molar refractivity (Wildman–Crippen MR) is 119 cm³/mol. The zero-order chi connectivity index (χ0) is 25.2. The molecule has 10 heteroatoms. The van der Waals surface area contributed by atoms with Gasteiger partial charge in [0, 0.05) is 44.4 Å². The Kier molecular flexibility index (Phi) is 6.90. The summed E-state index contributed by atoms with van der Waals surface area (Å²) < 4.78 is 58.7. The number of amides is 1. The molecule has 0 aliphatic carbocycles. The van der Waals surface area contributed by atoms with Crippen LogP contribution in [-0.2, 0) is 11.0 Å². The van der Waals surface area contributed by atoms with Crippen molar-refractivity contribution in [2.24, 2.45) is 11.3 Å². The summed E-state index contributed by atoms with van der Waals surface area (Å²) >= 11 is 0. The number of aliphatic hydroxyl groups is 1. The van der Waals surface area contributed by atoms with Gasteiger partial charge < -0.3 is 19.6 Å². The number of benzene rings is 2. The van der Waals surface area contributed by atoms with Crippen LogP contribution in [0.5, 0.6) is 5.75 Å². The Labute approximate surface area is 200 Å². The number of anilines is 1. The van der Waals surface area contributed by atoms with Crippen LogP contribution in [0, 0.1) is 28.5 Å². The van der Waals surface area contributed by atoms with E-state index in [1.165, 1.54) is 36.4 Å². The minimum Gasteiger partial charge on any atom is -0.484 e. The van der Waals surface area contributed by atoms with Gasteiger partial charge in [0.25, 0.3) is 5.91 Å². The van der Waals surface area contributed by atoms with E-state index < -0.39 is 23.1 Å². The van der Waals surface area contributed by atoms with Gasteiger partial charge in [-0.2, -0.15) is 18.4 Å². The van der Waals surface area contributed by atoms with Crippen LogP contribution < -0.4 is 9.64 Å². The van der Waals surface area contributed by atoms with Crippen molar-refractivity contribution < 1.29 is 32.2 Å². The molecule has 1 spiro atoms. The molecule has 0 saturated carbocycles. The van der Waals surface area contributed by atoms with Gasteiger partial charge in [-0.1, -0.05) is 0 Å². The van der Waals surface area contributed by atoms with E-state index in [-0.39, 0.29) is 30.5 Å². The molecular formula is C25H25F4N3O3. The topological polar surface area (TPSA) is 76.8 Å². The molecule has 2 aromatic carbocycles. The van der Waals surface area contributed by atoms with Crippen molar-refractivity contribution in [1.82, 2.24) is 4.90 Å². The first-order valence-corrected chi connectivity index (χ1v) is 11.3. The second-order valence-electron chi connectivity index (χ2n) is 9.09. The highest BCUT2D eigenvalue weighted by Gasteiger charge is 2.48. The van der Waals surface area contributed by atoms with Gasteiger partial charge in [-0.05, 0) is 60.7 Å². The molecule has 0 aromatic heterocycles. The lowest BCUT2D eigenvalue weighted by atomic mass is 9.71. The Morgan fingerprint density at radius 3 is 2.46 bits per heavy atom. The summed E-state index contributed by atoms with van der Waals surface area (Å²) in [6, 6.07) is 10.7. The number of rotatable bonds is 5. The van der Waals surface area contributed by atoms with Gasteiger partial charge >= 0.3 is 6.18 Å². The summed E-state index contributed by atoms with van der Waals surface area (Å²) in [6.07, 6.45) is -3.45. The van der Waals surface area contributed by atoms with Gasteiger partial charge in [0.1, 0.15) is 11.6 Å². The largest absolute Gasteiger partial charge is 0.484 e. The van der Waals surface area contributed by atoms with E-state index in [1.807, 2.05) is 4.90 Å². The van der Waals surface area contributed by atoms with E-state index in [1.54, 1.807) is 11.0 Å². The Morgan fingerprint density at radius 2 is 1.86 bits per heavy atom. The van der Waals surface area contributed by atoms with Gasteiger partial charge in [-0.15, -0.1) is 0 Å². The third-order valence-corrected chi connectivity index (χ3v) is 7.11. The third kappa shape index (κ3) is 5.20. The van der Waals surface area contributed by atoms with Gasteiger partial charge in [0.2, 0.25) is 0 Å². The van der Waals surface area contributed by atoms with Crippen molar-refractivity contribution >= 4 is 11.6 Å². The highest BCUT2D eigenvalue weighted by atomic mass is 19.4. The second-order valence-corrected chi connectivity index (χ2v) is 9.09. The maximum absolute atomic E-state index is 13.4. The molecule has 2 aliphatic rings.